The van der Waals surface area contributed by atoms with Gasteiger partial charge in [0.05, 0.1) is 5.51 Å². The van der Waals surface area contributed by atoms with E-state index in [9.17, 15) is 0 Å². The smallest absolute Gasteiger partial charge is 0.0794 e. The lowest BCUT2D eigenvalue weighted by molar-refractivity contribution is 0.206. The largest absolute Gasteiger partial charge is 0.309 e. The lowest BCUT2D eigenvalue weighted by atomic mass is 10.1. The second-order valence-corrected chi connectivity index (χ2v) is 5.03. The van der Waals surface area contributed by atoms with Gasteiger partial charge in [-0.15, -0.1) is 11.3 Å². The molecule has 0 aliphatic carbocycles. The molecule has 4 heteroatoms. The summed E-state index contributed by atoms with van der Waals surface area (Å²) in [4.78, 5) is 7.94. The van der Waals surface area contributed by atoms with Crippen LogP contribution in [-0.2, 0) is 6.54 Å². The maximum atomic E-state index is 4.08. The lowest BCUT2D eigenvalue weighted by Gasteiger charge is -2.31. The number of hydrogen-bond acceptors (Lipinski definition) is 4. The van der Waals surface area contributed by atoms with Crippen LogP contribution in [0.5, 0.6) is 0 Å². The monoisotopic (exact) mass is 225 g/mol. The maximum Gasteiger partial charge on any atom is 0.0794 e. The van der Waals surface area contributed by atoms with Crippen LogP contribution >= 0.6 is 11.3 Å². The number of hydrogen-bond donors (Lipinski definition) is 1. The summed E-state index contributed by atoms with van der Waals surface area (Å²) in [7, 11) is 0. The van der Waals surface area contributed by atoms with E-state index in [1.165, 1.54) is 37.4 Å². The number of piperidine rings is 1. The van der Waals surface area contributed by atoms with E-state index in [1.54, 1.807) is 11.3 Å². The molecule has 0 saturated carbocycles. The van der Waals surface area contributed by atoms with Gasteiger partial charge in [-0.2, -0.15) is 0 Å². The first-order valence-electron chi connectivity index (χ1n) is 5.71. The van der Waals surface area contributed by atoms with Crippen LogP contribution < -0.4 is 5.32 Å². The molecular formula is C11H19N3S. The normalized spacial score (nSPS) is 19.5. The first-order chi connectivity index (χ1) is 7.38. The van der Waals surface area contributed by atoms with Gasteiger partial charge < -0.3 is 10.2 Å². The first kappa shape index (κ1) is 11.0. The first-order valence-corrected chi connectivity index (χ1v) is 6.59. The van der Waals surface area contributed by atoms with Gasteiger partial charge in [-0.25, -0.2) is 0 Å². The molecule has 1 aliphatic heterocycles. The van der Waals surface area contributed by atoms with Crippen LogP contribution in [0.15, 0.2) is 11.7 Å². The Labute approximate surface area is 95.5 Å². The standard InChI is InChI=1S/C11H19N3S/c1-2-14-5-3-10(4-6-14)13-8-11-7-12-9-15-11/h7,9-10,13H,2-6,8H2,1H3. The van der Waals surface area contributed by atoms with Crippen molar-refractivity contribution in [2.45, 2.75) is 32.4 Å². The minimum Gasteiger partial charge on any atom is -0.309 e. The zero-order chi connectivity index (χ0) is 10.5. The highest BCUT2D eigenvalue weighted by atomic mass is 32.1. The molecule has 0 aromatic carbocycles. The zero-order valence-corrected chi connectivity index (χ0v) is 10.1. The summed E-state index contributed by atoms with van der Waals surface area (Å²) in [5, 5.41) is 3.61. The minimum atomic E-state index is 0.704. The molecule has 1 aromatic rings. The Morgan fingerprint density at radius 1 is 1.53 bits per heavy atom. The average Bonchev–Trinajstić information content (AvgIpc) is 2.80. The lowest BCUT2D eigenvalue weighted by Crippen LogP contribution is -2.41. The van der Waals surface area contributed by atoms with Gasteiger partial charge >= 0.3 is 0 Å². The molecule has 1 saturated heterocycles. The highest BCUT2D eigenvalue weighted by Gasteiger charge is 2.17. The molecule has 0 atom stereocenters. The molecule has 1 fully saturated rings. The summed E-state index contributed by atoms with van der Waals surface area (Å²) in [5.41, 5.74) is 1.90. The van der Waals surface area contributed by atoms with E-state index < -0.39 is 0 Å². The Balaban J connectivity index is 1.69. The van der Waals surface area contributed by atoms with Crippen molar-refractivity contribution < 1.29 is 0 Å². The topological polar surface area (TPSA) is 28.2 Å². The van der Waals surface area contributed by atoms with Crippen molar-refractivity contribution >= 4 is 11.3 Å². The summed E-state index contributed by atoms with van der Waals surface area (Å²) in [6.45, 7) is 6.92. The quantitative estimate of drug-likeness (QED) is 0.845. The van der Waals surface area contributed by atoms with Crippen LogP contribution in [0.2, 0.25) is 0 Å². The molecule has 2 rings (SSSR count). The Kier molecular flexibility index (Phi) is 4.11. The molecule has 15 heavy (non-hydrogen) atoms. The fourth-order valence-electron chi connectivity index (χ4n) is 2.03. The molecular weight excluding hydrogens is 206 g/mol. The van der Waals surface area contributed by atoms with Crippen molar-refractivity contribution in [2.24, 2.45) is 0 Å². The third-order valence-corrected chi connectivity index (χ3v) is 3.86. The van der Waals surface area contributed by atoms with Crippen LogP contribution in [0.1, 0.15) is 24.6 Å². The average molecular weight is 225 g/mol. The number of rotatable bonds is 4. The van der Waals surface area contributed by atoms with Gasteiger partial charge in [0, 0.05) is 23.7 Å². The summed E-state index contributed by atoms with van der Waals surface area (Å²) < 4.78 is 0. The van der Waals surface area contributed by atoms with Crippen LogP contribution in [-0.4, -0.2) is 35.6 Å². The number of thiazole rings is 1. The second kappa shape index (κ2) is 5.58. The highest BCUT2D eigenvalue weighted by Crippen LogP contribution is 2.11. The molecule has 3 nitrogen and oxygen atoms in total. The van der Waals surface area contributed by atoms with E-state index in [1.807, 2.05) is 11.7 Å². The molecule has 2 heterocycles. The molecule has 1 N–H and O–H groups in total. The van der Waals surface area contributed by atoms with E-state index in [0.29, 0.717) is 6.04 Å². The third kappa shape index (κ3) is 3.26. The molecule has 1 aromatic heterocycles. The Bertz CT molecular complexity index is 265. The minimum absolute atomic E-state index is 0.704. The Morgan fingerprint density at radius 2 is 2.33 bits per heavy atom. The van der Waals surface area contributed by atoms with Gasteiger partial charge in [-0.3, -0.25) is 4.98 Å². The van der Waals surface area contributed by atoms with Crippen LogP contribution in [0.3, 0.4) is 0 Å². The number of likely N-dealkylation sites (tertiary alicyclic amines) is 1. The van der Waals surface area contributed by atoms with Crippen molar-refractivity contribution in [2.75, 3.05) is 19.6 Å². The van der Waals surface area contributed by atoms with Crippen LogP contribution in [0.25, 0.3) is 0 Å². The van der Waals surface area contributed by atoms with E-state index >= 15 is 0 Å². The van der Waals surface area contributed by atoms with Gasteiger partial charge in [-0.05, 0) is 32.5 Å². The molecule has 0 amide bonds. The number of nitrogens with one attached hydrogen (secondary N) is 1. The predicted molar refractivity (Wildman–Crippen MR) is 64.1 cm³/mol. The van der Waals surface area contributed by atoms with Crippen molar-refractivity contribution in [1.82, 2.24) is 15.2 Å². The van der Waals surface area contributed by atoms with E-state index in [2.05, 4.69) is 22.1 Å². The molecule has 0 unspecified atom stereocenters. The van der Waals surface area contributed by atoms with Crippen molar-refractivity contribution in [1.29, 1.82) is 0 Å². The number of nitrogens with zero attached hydrogens (tertiary/aromatic N) is 2. The Hall–Kier alpha value is -0.450. The van der Waals surface area contributed by atoms with Crippen molar-refractivity contribution in [3.63, 3.8) is 0 Å². The van der Waals surface area contributed by atoms with Gasteiger partial charge in [0.25, 0.3) is 0 Å². The summed E-state index contributed by atoms with van der Waals surface area (Å²) in [6, 6.07) is 0.704. The second-order valence-electron chi connectivity index (χ2n) is 4.06. The SMILES string of the molecule is CCN1CCC(NCc2cncs2)CC1. The fraction of sp³-hybridized carbons (Fsp3) is 0.727. The zero-order valence-electron chi connectivity index (χ0n) is 9.28. The molecule has 0 bridgehead atoms. The molecule has 0 spiro atoms. The van der Waals surface area contributed by atoms with Crippen molar-refractivity contribution in [3.05, 3.63) is 16.6 Å². The molecule has 84 valence electrons. The predicted octanol–water partition coefficient (Wildman–Crippen LogP) is 1.72. The van der Waals surface area contributed by atoms with Crippen molar-refractivity contribution in [3.8, 4) is 0 Å². The van der Waals surface area contributed by atoms with Gasteiger partial charge in [-0.1, -0.05) is 6.92 Å². The summed E-state index contributed by atoms with van der Waals surface area (Å²) in [6.07, 6.45) is 4.53. The number of aromatic nitrogens is 1. The fourth-order valence-corrected chi connectivity index (χ4v) is 2.57. The van der Waals surface area contributed by atoms with Gasteiger partial charge in [0.15, 0.2) is 0 Å². The van der Waals surface area contributed by atoms with E-state index in [4.69, 9.17) is 0 Å². The van der Waals surface area contributed by atoms with E-state index in [-0.39, 0.29) is 0 Å². The molecule has 0 radical (unpaired) electrons. The summed E-state index contributed by atoms with van der Waals surface area (Å²) in [5.74, 6) is 0. The third-order valence-electron chi connectivity index (χ3n) is 3.08. The summed E-state index contributed by atoms with van der Waals surface area (Å²) >= 11 is 1.73. The Morgan fingerprint density at radius 3 is 2.93 bits per heavy atom. The highest BCUT2D eigenvalue weighted by molar-refractivity contribution is 7.09. The van der Waals surface area contributed by atoms with Gasteiger partial charge in [0.1, 0.15) is 0 Å². The van der Waals surface area contributed by atoms with Crippen LogP contribution in [0, 0.1) is 0 Å². The van der Waals surface area contributed by atoms with E-state index in [0.717, 1.165) is 6.54 Å². The van der Waals surface area contributed by atoms with Crippen LogP contribution in [0.4, 0.5) is 0 Å². The maximum absolute atomic E-state index is 4.08. The molecule has 1 aliphatic rings. The van der Waals surface area contributed by atoms with Gasteiger partial charge in [0.2, 0.25) is 0 Å².